The summed E-state index contributed by atoms with van der Waals surface area (Å²) in [6.07, 6.45) is 4.07. The first kappa shape index (κ1) is 10.5. The van der Waals surface area contributed by atoms with Gasteiger partial charge in [0.05, 0.1) is 6.04 Å². The quantitative estimate of drug-likeness (QED) is 0.858. The number of nitrogens with one attached hydrogen (secondary N) is 1. The van der Waals surface area contributed by atoms with Crippen LogP contribution in [0.2, 0.25) is 0 Å². The number of nitrogens with zero attached hydrogens (tertiary/aromatic N) is 1. The Bertz CT molecular complexity index is 512. The molecule has 1 N–H and O–H groups in total. The summed E-state index contributed by atoms with van der Waals surface area (Å²) in [4.78, 5) is 4.57. The predicted molar refractivity (Wildman–Crippen MR) is 66.7 cm³/mol. The van der Waals surface area contributed by atoms with Crippen LogP contribution in [-0.4, -0.2) is 11.5 Å². The Morgan fingerprint density at radius 3 is 3.12 bits per heavy atom. The molecule has 0 aliphatic carbocycles. The molecule has 1 unspecified atom stereocenters. The van der Waals surface area contributed by atoms with Crippen molar-refractivity contribution in [3.8, 4) is 11.3 Å². The van der Waals surface area contributed by atoms with Crippen LogP contribution in [0.5, 0.6) is 0 Å². The molecule has 1 fully saturated rings. The Hall–Kier alpha value is -1.61. The Morgan fingerprint density at radius 1 is 1.41 bits per heavy atom. The van der Waals surface area contributed by atoms with E-state index < -0.39 is 0 Å². The zero-order valence-corrected chi connectivity index (χ0v) is 9.94. The topological polar surface area (TPSA) is 38.1 Å². The van der Waals surface area contributed by atoms with E-state index in [9.17, 15) is 0 Å². The first-order chi connectivity index (χ1) is 8.33. The molecule has 1 aromatic heterocycles. The van der Waals surface area contributed by atoms with Gasteiger partial charge in [-0.25, -0.2) is 4.98 Å². The molecule has 1 aliphatic heterocycles. The van der Waals surface area contributed by atoms with Crippen LogP contribution in [0, 0.1) is 6.92 Å². The lowest BCUT2D eigenvalue weighted by Crippen LogP contribution is -2.12. The maximum atomic E-state index is 5.57. The van der Waals surface area contributed by atoms with Gasteiger partial charge in [0.2, 0.25) is 5.89 Å². The lowest BCUT2D eigenvalue weighted by molar-refractivity contribution is 0.429. The molecule has 2 aromatic rings. The fourth-order valence-electron chi connectivity index (χ4n) is 2.28. The zero-order valence-electron chi connectivity index (χ0n) is 9.94. The van der Waals surface area contributed by atoms with Crippen LogP contribution in [0.4, 0.5) is 0 Å². The van der Waals surface area contributed by atoms with Crippen molar-refractivity contribution >= 4 is 0 Å². The predicted octanol–water partition coefficient (Wildman–Crippen LogP) is 3.07. The largest absolute Gasteiger partial charge is 0.447 e. The van der Waals surface area contributed by atoms with Gasteiger partial charge in [0.25, 0.3) is 0 Å². The van der Waals surface area contributed by atoms with Gasteiger partial charge in [-0.15, -0.1) is 0 Å². The summed E-state index contributed by atoms with van der Waals surface area (Å²) in [5, 5.41) is 3.39. The number of hydrogen-bond acceptors (Lipinski definition) is 3. The van der Waals surface area contributed by atoms with E-state index in [4.69, 9.17) is 4.42 Å². The molecule has 88 valence electrons. The summed E-state index contributed by atoms with van der Waals surface area (Å²) in [7, 11) is 0. The lowest BCUT2D eigenvalue weighted by atomic mass is 10.1. The monoisotopic (exact) mass is 228 g/mol. The third-order valence-corrected chi connectivity index (χ3v) is 3.19. The van der Waals surface area contributed by atoms with Crippen molar-refractivity contribution in [3.05, 3.63) is 42.0 Å². The van der Waals surface area contributed by atoms with Crippen LogP contribution in [0.25, 0.3) is 11.3 Å². The van der Waals surface area contributed by atoms with Gasteiger partial charge >= 0.3 is 0 Å². The molecule has 0 bridgehead atoms. The number of hydrogen-bond donors (Lipinski definition) is 1. The van der Waals surface area contributed by atoms with Crippen molar-refractivity contribution in [2.24, 2.45) is 0 Å². The Labute approximate surface area is 101 Å². The highest BCUT2D eigenvalue weighted by atomic mass is 16.3. The molecular formula is C14H16N2O. The van der Waals surface area contributed by atoms with Crippen molar-refractivity contribution in [1.29, 1.82) is 0 Å². The third kappa shape index (κ3) is 2.11. The summed E-state index contributed by atoms with van der Waals surface area (Å²) < 4.78 is 5.57. The van der Waals surface area contributed by atoms with Gasteiger partial charge in [-0.05, 0) is 32.4 Å². The number of aromatic nitrogens is 1. The number of rotatable bonds is 2. The van der Waals surface area contributed by atoms with E-state index in [1.807, 2.05) is 6.07 Å². The second-order valence-corrected chi connectivity index (χ2v) is 4.59. The van der Waals surface area contributed by atoms with Gasteiger partial charge in [0.1, 0.15) is 12.0 Å². The van der Waals surface area contributed by atoms with Crippen molar-refractivity contribution in [2.75, 3.05) is 6.54 Å². The van der Waals surface area contributed by atoms with E-state index in [0.29, 0.717) is 6.04 Å². The van der Waals surface area contributed by atoms with Crippen LogP contribution in [0.15, 0.2) is 34.9 Å². The van der Waals surface area contributed by atoms with Gasteiger partial charge in [-0.2, -0.15) is 0 Å². The maximum Gasteiger partial charge on any atom is 0.211 e. The van der Waals surface area contributed by atoms with E-state index >= 15 is 0 Å². The number of aryl methyl sites for hydroxylation is 1. The molecule has 17 heavy (non-hydrogen) atoms. The molecule has 1 aromatic carbocycles. The van der Waals surface area contributed by atoms with Crippen molar-refractivity contribution < 1.29 is 4.42 Å². The van der Waals surface area contributed by atoms with Crippen LogP contribution >= 0.6 is 0 Å². The maximum absolute atomic E-state index is 5.57. The van der Waals surface area contributed by atoms with Crippen molar-refractivity contribution in [2.45, 2.75) is 25.8 Å². The minimum atomic E-state index is 0.300. The highest BCUT2D eigenvalue weighted by Crippen LogP contribution is 2.26. The molecular weight excluding hydrogens is 212 g/mol. The highest BCUT2D eigenvalue weighted by Gasteiger charge is 2.21. The molecule has 0 radical (unpaired) electrons. The Morgan fingerprint density at radius 2 is 2.35 bits per heavy atom. The second kappa shape index (κ2) is 4.34. The zero-order chi connectivity index (χ0) is 11.7. The lowest BCUT2D eigenvalue weighted by Gasteiger charge is -2.03. The highest BCUT2D eigenvalue weighted by molar-refractivity contribution is 5.58. The second-order valence-electron chi connectivity index (χ2n) is 4.59. The number of benzene rings is 1. The van der Waals surface area contributed by atoms with Gasteiger partial charge in [0.15, 0.2) is 0 Å². The average molecular weight is 228 g/mol. The molecule has 3 nitrogen and oxygen atoms in total. The summed E-state index contributed by atoms with van der Waals surface area (Å²) in [6.45, 7) is 3.15. The van der Waals surface area contributed by atoms with E-state index in [-0.39, 0.29) is 0 Å². The molecule has 1 aliphatic rings. The van der Waals surface area contributed by atoms with Gasteiger partial charge in [-0.1, -0.05) is 23.8 Å². The van der Waals surface area contributed by atoms with E-state index in [2.05, 4.69) is 35.4 Å². The van der Waals surface area contributed by atoms with Crippen LogP contribution in [-0.2, 0) is 0 Å². The van der Waals surface area contributed by atoms with Gasteiger partial charge < -0.3 is 9.73 Å². The van der Waals surface area contributed by atoms with Crippen LogP contribution in [0.3, 0.4) is 0 Å². The first-order valence-electron chi connectivity index (χ1n) is 6.09. The van der Waals surface area contributed by atoms with Crippen LogP contribution in [0.1, 0.15) is 30.3 Å². The Kier molecular flexibility index (Phi) is 2.69. The minimum absolute atomic E-state index is 0.300. The van der Waals surface area contributed by atoms with Crippen LogP contribution < -0.4 is 5.32 Å². The molecule has 1 saturated heterocycles. The molecule has 1 atom stereocenters. The SMILES string of the molecule is Cc1cccc(-c2coc(C3CCCN3)n2)c1. The van der Waals surface area contributed by atoms with E-state index in [1.54, 1.807) is 6.26 Å². The summed E-state index contributed by atoms with van der Waals surface area (Å²) >= 11 is 0. The summed E-state index contributed by atoms with van der Waals surface area (Å²) in [5.41, 5.74) is 3.29. The van der Waals surface area contributed by atoms with Gasteiger partial charge in [-0.3, -0.25) is 0 Å². The normalized spacial score (nSPS) is 19.7. The van der Waals surface area contributed by atoms with Gasteiger partial charge in [0, 0.05) is 5.56 Å². The standard InChI is InChI=1S/C14H16N2O/c1-10-4-2-5-11(8-10)13-9-17-14(16-13)12-6-3-7-15-12/h2,4-5,8-9,12,15H,3,6-7H2,1H3. The van der Waals surface area contributed by atoms with Crippen molar-refractivity contribution in [1.82, 2.24) is 10.3 Å². The molecule has 3 rings (SSSR count). The molecule has 0 spiro atoms. The molecule has 0 saturated carbocycles. The Balaban J connectivity index is 1.89. The molecule has 2 heterocycles. The average Bonchev–Trinajstić information content (AvgIpc) is 3.00. The fraction of sp³-hybridized carbons (Fsp3) is 0.357. The van der Waals surface area contributed by atoms with Crippen molar-refractivity contribution in [3.63, 3.8) is 0 Å². The summed E-state index contributed by atoms with van der Waals surface area (Å²) in [5.74, 6) is 0.819. The first-order valence-corrected chi connectivity index (χ1v) is 6.09. The molecule has 0 amide bonds. The minimum Gasteiger partial charge on any atom is -0.447 e. The number of oxazole rings is 1. The van der Waals surface area contributed by atoms with E-state index in [0.717, 1.165) is 30.1 Å². The van der Waals surface area contributed by atoms with E-state index in [1.165, 1.54) is 12.0 Å². The third-order valence-electron chi connectivity index (χ3n) is 3.19. The fourth-order valence-corrected chi connectivity index (χ4v) is 2.28. The summed E-state index contributed by atoms with van der Waals surface area (Å²) in [6, 6.07) is 8.63. The molecule has 3 heteroatoms. The smallest absolute Gasteiger partial charge is 0.211 e.